The number of hydrogen-bond donors (Lipinski definition) is 0. The van der Waals surface area contributed by atoms with Crippen LogP contribution in [0.1, 0.15) is 0 Å². The van der Waals surface area contributed by atoms with Crippen LogP contribution in [-0.4, -0.2) is 4.57 Å². The first kappa shape index (κ1) is 29.5. The minimum absolute atomic E-state index is 1.11. The lowest BCUT2D eigenvalue weighted by Gasteiger charge is -2.26. The van der Waals surface area contributed by atoms with Gasteiger partial charge in [-0.25, -0.2) is 0 Å². The second-order valence-corrected chi connectivity index (χ2v) is 12.6. The second kappa shape index (κ2) is 12.8. The van der Waals surface area contributed by atoms with Gasteiger partial charge in [-0.1, -0.05) is 152 Å². The van der Waals surface area contributed by atoms with Gasteiger partial charge < -0.3 is 9.47 Å². The fraction of sp³-hybridized carbons (Fsp3) is 0. The highest BCUT2D eigenvalue weighted by atomic mass is 15.1. The Hall–Kier alpha value is -6.64. The Bertz CT molecular complexity index is 2530. The summed E-state index contributed by atoms with van der Waals surface area (Å²) in [6.07, 6.45) is 0. The third-order valence-electron chi connectivity index (χ3n) is 9.61. The van der Waals surface area contributed by atoms with Crippen LogP contribution in [0.4, 0.5) is 17.1 Å². The minimum atomic E-state index is 1.11. The van der Waals surface area contributed by atoms with Crippen molar-refractivity contribution in [3.63, 3.8) is 0 Å². The molecule has 0 saturated carbocycles. The molecule has 50 heavy (non-hydrogen) atoms. The molecule has 2 nitrogen and oxygen atoms in total. The maximum absolute atomic E-state index is 2.40. The first-order chi connectivity index (χ1) is 24.8. The van der Waals surface area contributed by atoms with E-state index in [0.29, 0.717) is 0 Å². The van der Waals surface area contributed by atoms with Crippen molar-refractivity contribution in [3.05, 3.63) is 206 Å². The Morgan fingerprint density at radius 3 is 1.26 bits per heavy atom. The Balaban J connectivity index is 1.13. The van der Waals surface area contributed by atoms with Crippen LogP contribution in [0.15, 0.2) is 206 Å². The fourth-order valence-corrected chi connectivity index (χ4v) is 7.12. The molecule has 2 heteroatoms. The van der Waals surface area contributed by atoms with Crippen LogP contribution in [0.3, 0.4) is 0 Å². The molecule has 0 atom stereocenters. The van der Waals surface area contributed by atoms with Crippen molar-refractivity contribution in [2.75, 3.05) is 4.90 Å². The third kappa shape index (κ3) is 5.43. The zero-order valence-corrected chi connectivity index (χ0v) is 27.5. The SMILES string of the molecule is c1ccc(-c2ccc(-c3ccc(N(c4ccccc4)c4ccc5c6ccccc6n(-c6ccc(-c7ccccc7)cc6)c5c4)cc3)cc2)cc1. The Kier molecular flexibility index (Phi) is 7.53. The van der Waals surface area contributed by atoms with Crippen molar-refractivity contribution in [2.24, 2.45) is 0 Å². The molecule has 0 radical (unpaired) electrons. The maximum atomic E-state index is 2.40. The van der Waals surface area contributed by atoms with Gasteiger partial charge in [-0.15, -0.1) is 0 Å². The van der Waals surface area contributed by atoms with Crippen LogP contribution in [0, 0.1) is 0 Å². The topological polar surface area (TPSA) is 8.17 Å². The van der Waals surface area contributed by atoms with Crippen LogP contribution < -0.4 is 4.90 Å². The first-order valence-electron chi connectivity index (χ1n) is 17.1. The Labute approximate surface area is 292 Å². The molecule has 1 heterocycles. The number of nitrogens with zero attached hydrogens (tertiary/aromatic N) is 2. The Morgan fingerprint density at radius 2 is 0.680 bits per heavy atom. The molecular formula is C48H34N2. The van der Waals surface area contributed by atoms with Gasteiger partial charge in [-0.3, -0.25) is 0 Å². The van der Waals surface area contributed by atoms with E-state index >= 15 is 0 Å². The summed E-state index contributed by atoms with van der Waals surface area (Å²) in [6.45, 7) is 0. The third-order valence-corrected chi connectivity index (χ3v) is 9.61. The summed E-state index contributed by atoms with van der Waals surface area (Å²) >= 11 is 0. The smallest absolute Gasteiger partial charge is 0.0561 e. The quantitative estimate of drug-likeness (QED) is 0.169. The summed E-state index contributed by atoms with van der Waals surface area (Å²) in [6, 6.07) is 74.0. The van der Waals surface area contributed by atoms with Crippen LogP contribution in [0.25, 0.3) is 60.9 Å². The summed E-state index contributed by atoms with van der Waals surface area (Å²) < 4.78 is 2.40. The first-order valence-corrected chi connectivity index (χ1v) is 17.1. The average Bonchev–Trinajstić information content (AvgIpc) is 3.53. The zero-order valence-electron chi connectivity index (χ0n) is 27.5. The molecule has 0 aliphatic carbocycles. The van der Waals surface area contributed by atoms with Gasteiger partial charge in [0.25, 0.3) is 0 Å². The molecular weight excluding hydrogens is 605 g/mol. The van der Waals surface area contributed by atoms with Crippen molar-refractivity contribution in [3.8, 4) is 39.1 Å². The van der Waals surface area contributed by atoms with E-state index < -0.39 is 0 Å². The molecule has 0 amide bonds. The predicted octanol–water partition coefficient (Wildman–Crippen LogP) is 13.3. The van der Waals surface area contributed by atoms with Crippen LogP contribution in [0.2, 0.25) is 0 Å². The molecule has 0 aliphatic rings. The molecule has 0 fully saturated rings. The molecule has 0 unspecified atom stereocenters. The van der Waals surface area contributed by atoms with Gasteiger partial charge in [0.15, 0.2) is 0 Å². The van der Waals surface area contributed by atoms with Crippen LogP contribution in [-0.2, 0) is 0 Å². The zero-order chi connectivity index (χ0) is 33.3. The van der Waals surface area contributed by atoms with E-state index in [1.807, 2.05) is 0 Å². The summed E-state index contributed by atoms with van der Waals surface area (Å²) in [5, 5.41) is 2.48. The van der Waals surface area contributed by atoms with Gasteiger partial charge >= 0.3 is 0 Å². The maximum Gasteiger partial charge on any atom is 0.0561 e. The van der Waals surface area contributed by atoms with Crippen molar-refractivity contribution in [2.45, 2.75) is 0 Å². The summed E-state index contributed by atoms with van der Waals surface area (Å²) in [5.41, 5.74) is 14.1. The molecule has 8 aromatic carbocycles. The predicted molar refractivity (Wildman–Crippen MR) is 212 cm³/mol. The van der Waals surface area contributed by atoms with Crippen LogP contribution >= 0.6 is 0 Å². The molecule has 0 saturated heterocycles. The number of hydrogen-bond acceptors (Lipinski definition) is 1. The number of anilines is 3. The lowest BCUT2D eigenvalue weighted by molar-refractivity contribution is 1.18. The number of benzene rings is 8. The summed E-state index contributed by atoms with van der Waals surface area (Å²) in [4.78, 5) is 2.35. The van der Waals surface area contributed by atoms with Crippen molar-refractivity contribution >= 4 is 38.9 Å². The molecule has 0 N–H and O–H groups in total. The normalized spacial score (nSPS) is 11.2. The highest BCUT2D eigenvalue weighted by Gasteiger charge is 2.17. The van der Waals surface area contributed by atoms with E-state index in [0.717, 1.165) is 22.7 Å². The van der Waals surface area contributed by atoms with E-state index in [4.69, 9.17) is 0 Å². The largest absolute Gasteiger partial charge is 0.310 e. The van der Waals surface area contributed by atoms with Gasteiger partial charge in [-0.05, 0) is 88.0 Å². The average molecular weight is 639 g/mol. The highest BCUT2D eigenvalue weighted by Crippen LogP contribution is 2.40. The monoisotopic (exact) mass is 638 g/mol. The minimum Gasteiger partial charge on any atom is -0.310 e. The number of fused-ring (bicyclic) bond motifs is 3. The lowest BCUT2D eigenvalue weighted by Crippen LogP contribution is -2.10. The van der Waals surface area contributed by atoms with Gasteiger partial charge in [0.05, 0.1) is 11.0 Å². The van der Waals surface area contributed by atoms with E-state index in [-0.39, 0.29) is 0 Å². The standard InChI is InChI=1S/C48H34N2/c1-4-12-35(13-5-1)37-20-22-38(23-21-37)40-24-28-42(29-25-40)49(41-16-8-3-9-17-41)44-32-33-46-45-18-10-11-19-47(45)50(48(46)34-44)43-30-26-39(27-31-43)36-14-6-2-7-15-36/h1-34H. The second-order valence-electron chi connectivity index (χ2n) is 12.6. The highest BCUT2D eigenvalue weighted by molar-refractivity contribution is 6.10. The van der Waals surface area contributed by atoms with Gasteiger partial charge in [0, 0.05) is 33.5 Å². The molecule has 9 rings (SSSR count). The summed E-state index contributed by atoms with van der Waals surface area (Å²) in [5.74, 6) is 0. The van der Waals surface area contributed by atoms with Crippen molar-refractivity contribution in [1.82, 2.24) is 4.57 Å². The number of aromatic nitrogens is 1. The van der Waals surface area contributed by atoms with Crippen LogP contribution in [0.5, 0.6) is 0 Å². The molecule has 236 valence electrons. The van der Waals surface area contributed by atoms with E-state index in [1.54, 1.807) is 0 Å². The lowest BCUT2D eigenvalue weighted by atomic mass is 10.00. The number of para-hydroxylation sites is 2. The van der Waals surface area contributed by atoms with Gasteiger partial charge in [0.1, 0.15) is 0 Å². The summed E-state index contributed by atoms with van der Waals surface area (Å²) in [7, 11) is 0. The van der Waals surface area contributed by atoms with Gasteiger partial charge in [-0.2, -0.15) is 0 Å². The molecule has 1 aromatic heterocycles. The molecule has 0 spiro atoms. The van der Waals surface area contributed by atoms with Crippen molar-refractivity contribution < 1.29 is 0 Å². The molecule has 0 bridgehead atoms. The molecule has 0 aliphatic heterocycles. The molecule has 9 aromatic rings. The van der Waals surface area contributed by atoms with E-state index in [2.05, 4.69) is 216 Å². The fourth-order valence-electron chi connectivity index (χ4n) is 7.12. The van der Waals surface area contributed by atoms with E-state index in [9.17, 15) is 0 Å². The van der Waals surface area contributed by atoms with E-state index in [1.165, 1.54) is 55.2 Å². The number of rotatable bonds is 7. The van der Waals surface area contributed by atoms with Gasteiger partial charge in [0.2, 0.25) is 0 Å². The Morgan fingerprint density at radius 1 is 0.280 bits per heavy atom. The van der Waals surface area contributed by atoms with Crippen molar-refractivity contribution in [1.29, 1.82) is 0 Å².